The van der Waals surface area contributed by atoms with Crippen molar-refractivity contribution in [2.45, 2.75) is 19.4 Å². The molecule has 0 aliphatic heterocycles. The van der Waals surface area contributed by atoms with Crippen LogP contribution in [0.15, 0.2) is 12.1 Å². The van der Waals surface area contributed by atoms with E-state index >= 15 is 0 Å². The van der Waals surface area contributed by atoms with E-state index in [0.29, 0.717) is 17.3 Å². The van der Waals surface area contributed by atoms with E-state index in [1.54, 1.807) is 6.07 Å². The van der Waals surface area contributed by atoms with E-state index in [1.807, 2.05) is 19.9 Å². The van der Waals surface area contributed by atoms with Gasteiger partial charge in [0.05, 0.1) is 11.1 Å². The Morgan fingerprint density at radius 1 is 1.29 bits per heavy atom. The number of hydrogen-bond acceptors (Lipinski definition) is 4. The summed E-state index contributed by atoms with van der Waals surface area (Å²) < 4.78 is 0. The first-order chi connectivity index (χ1) is 6.47. The predicted molar refractivity (Wildman–Crippen MR) is 55.5 cm³/mol. The second-order valence-electron chi connectivity index (χ2n) is 3.91. The van der Waals surface area contributed by atoms with Crippen molar-refractivity contribution >= 4 is 17.0 Å². The standard InChI is InChI=1S/C9H13N5/c1-9(2,11)8-12-5-3-4-6(10)13-7(5)14-8/h3-4H,11H2,1-2H3,(H3,10,12,13,14). The summed E-state index contributed by atoms with van der Waals surface area (Å²) in [6.07, 6.45) is 0. The third kappa shape index (κ3) is 1.42. The number of nitrogens with two attached hydrogens (primary N) is 2. The average molecular weight is 191 g/mol. The van der Waals surface area contributed by atoms with Crippen molar-refractivity contribution in [2.75, 3.05) is 5.73 Å². The van der Waals surface area contributed by atoms with Gasteiger partial charge in [0.1, 0.15) is 11.6 Å². The molecule has 0 saturated carbocycles. The summed E-state index contributed by atoms with van der Waals surface area (Å²) >= 11 is 0. The van der Waals surface area contributed by atoms with E-state index in [9.17, 15) is 0 Å². The lowest BCUT2D eigenvalue weighted by Crippen LogP contribution is -2.30. The number of H-pyrrole nitrogens is 1. The number of imidazole rings is 1. The van der Waals surface area contributed by atoms with Gasteiger partial charge in [0.15, 0.2) is 5.65 Å². The maximum Gasteiger partial charge on any atom is 0.179 e. The molecule has 2 heterocycles. The smallest absolute Gasteiger partial charge is 0.179 e. The first-order valence-electron chi connectivity index (χ1n) is 4.38. The van der Waals surface area contributed by atoms with Crippen LogP contribution in [-0.4, -0.2) is 15.0 Å². The first kappa shape index (κ1) is 8.96. The van der Waals surface area contributed by atoms with E-state index in [4.69, 9.17) is 11.5 Å². The molecular weight excluding hydrogens is 178 g/mol. The number of fused-ring (bicyclic) bond motifs is 1. The van der Waals surface area contributed by atoms with Gasteiger partial charge in [-0.25, -0.2) is 9.97 Å². The number of nitrogen functional groups attached to an aromatic ring is 1. The molecule has 0 atom stereocenters. The average Bonchev–Trinajstić information content (AvgIpc) is 2.45. The molecule has 0 fully saturated rings. The summed E-state index contributed by atoms with van der Waals surface area (Å²) in [5, 5.41) is 0. The van der Waals surface area contributed by atoms with Gasteiger partial charge in [0, 0.05) is 0 Å². The molecule has 5 nitrogen and oxygen atoms in total. The molecule has 2 aromatic heterocycles. The summed E-state index contributed by atoms with van der Waals surface area (Å²) in [7, 11) is 0. The molecule has 0 unspecified atom stereocenters. The fourth-order valence-corrected chi connectivity index (χ4v) is 1.21. The van der Waals surface area contributed by atoms with Gasteiger partial charge >= 0.3 is 0 Å². The number of pyridine rings is 1. The number of anilines is 1. The number of nitrogens with one attached hydrogen (secondary N) is 1. The maximum absolute atomic E-state index is 5.91. The van der Waals surface area contributed by atoms with Crippen molar-refractivity contribution in [3.8, 4) is 0 Å². The van der Waals surface area contributed by atoms with Gasteiger partial charge in [-0.3, -0.25) is 0 Å². The fourth-order valence-electron chi connectivity index (χ4n) is 1.21. The summed E-state index contributed by atoms with van der Waals surface area (Å²) in [6, 6.07) is 3.58. The quantitative estimate of drug-likeness (QED) is 0.619. The fraction of sp³-hybridized carbons (Fsp3) is 0.333. The summed E-state index contributed by atoms with van der Waals surface area (Å²) in [5.74, 6) is 1.18. The Kier molecular flexibility index (Phi) is 1.72. The number of aromatic amines is 1. The molecule has 0 spiro atoms. The van der Waals surface area contributed by atoms with Crippen LogP contribution < -0.4 is 11.5 Å². The minimum Gasteiger partial charge on any atom is -0.384 e. The third-order valence-electron chi connectivity index (χ3n) is 1.98. The maximum atomic E-state index is 5.91. The Labute approximate surface area is 81.5 Å². The summed E-state index contributed by atoms with van der Waals surface area (Å²) in [4.78, 5) is 11.5. The van der Waals surface area contributed by atoms with Crippen LogP contribution in [0.25, 0.3) is 11.2 Å². The number of hydrogen-bond donors (Lipinski definition) is 3. The van der Waals surface area contributed by atoms with Crippen molar-refractivity contribution in [1.29, 1.82) is 0 Å². The first-order valence-corrected chi connectivity index (χ1v) is 4.38. The largest absolute Gasteiger partial charge is 0.384 e. The van der Waals surface area contributed by atoms with E-state index in [0.717, 1.165) is 5.52 Å². The van der Waals surface area contributed by atoms with Crippen LogP contribution in [0.5, 0.6) is 0 Å². The van der Waals surface area contributed by atoms with Crippen molar-refractivity contribution < 1.29 is 0 Å². The molecule has 0 aliphatic rings. The molecule has 2 aromatic rings. The SMILES string of the molecule is CC(C)(N)c1nc2nc(N)ccc2[nH]1. The van der Waals surface area contributed by atoms with Gasteiger partial charge in [-0.1, -0.05) is 0 Å². The van der Waals surface area contributed by atoms with Crippen LogP contribution in [0, 0.1) is 0 Å². The van der Waals surface area contributed by atoms with E-state index in [-0.39, 0.29) is 0 Å². The van der Waals surface area contributed by atoms with Gasteiger partial charge < -0.3 is 16.5 Å². The van der Waals surface area contributed by atoms with Crippen LogP contribution in [0.3, 0.4) is 0 Å². The normalized spacial score (nSPS) is 12.2. The zero-order valence-corrected chi connectivity index (χ0v) is 8.20. The Balaban J connectivity index is 2.63. The lowest BCUT2D eigenvalue weighted by Gasteiger charge is -2.13. The third-order valence-corrected chi connectivity index (χ3v) is 1.98. The Hall–Kier alpha value is -1.62. The number of aromatic nitrogens is 3. The van der Waals surface area contributed by atoms with Crippen LogP contribution in [0.2, 0.25) is 0 Å². The summed E-state index contributed by atoms with van der Waals surface area (Å²) in [5.41, 5.74) is 12.4. The summed E-state index contributed by atoms with van der Waals surface area (Å²) in [6.45, 7) is 3.77. The van der Waals surface area contributed by atoms with Crippen molar-refractivity contribution in [3.63, 3.8) is 0 Å². The van der Waals surface area contributed by atoms with Gasteiger partial charge in [0.25, 0.3) is 0 Å². The second kappa shape index (κ2) is 2.68. The van der Waals surface area contributed by atoms with Crippen LogP contribution in [0.4, 0.5) is 5.82 Å². The highest BCUT2D eigenvalue weighted by molar-refractivity contribution is 5.72. The van der Waals surface area contributed by atoms with E-state index < -0.39 is 5.54 Å². The minimum absolute atomic E-state index is 0.463. The van der Waals surface area contributed by atoms with Gasteiger partial charge in [-0.15, -0.1) is 0 Å². The molecule has 0 saturated heterocycles. The molecule has 5 N–H and O–H groups in total. The Bertz CT molecular complexity index is 465. The van der Waals surface area contributed by atoms with Gasteiger partial charge in [-0.05, 0) is 26.0 Å². The Morgan fingerprint density at radius 2 is 2.00 bits per heavy atom. The van der Waals surface area contributed by atoms with E-state index in [2.05, 4.69) is 15.0 Å². The molecule has 0 aliphatic carbocycles. The molecule has 74 valence electrons. The topological polar surface area (TPSA) is 93.6 Å². The van der Waals surface area contributed by atoms with E-state index in [1.165, 1.54) is 0 Å². The highest BCUT2D eigenvalue weighted by Gasteiger charge is 2.18. The molecule has 0 radical (unpaired) electrons. The zero-order chi connectivity index (χ0) is 10.3. The minimum atomic E-state index is -0.491. The van der Waals surface area contributed by atoms with Gasteiger partial charge in [-0.2, -0.15) is 0 Å². The molecule has 0 bridgehead atoms. The predicted octanol–water partition coefficient (Wildman–Crippen LogP) is 0.734. The monoisotopic (exact) mass is 191 g/mol. The highest BCUT2D eigenvalue weighted by atomic mass is 15.0. The van der Waals surface area contributed by atoms with Crippen molar-refractivity contribution in [1.82, 2.24) is 15.0 Å². The zero-order valence-electron chi connectivity index (χ0n) is 8.20. The van der Waals surface area contributed by atoms with Crippen LogP contribution >= 0.6 is 0 Å². The Morgan fingerprint density at radius 3 is 2.64 bits per heavy atom. The van der Waals surface area contributed by atoms with Crippen LogP contribution in [0.1, 0.15) is 19.7 Å². The molecular formula is C9H13N5. The lowest BCUT2D eigenvalue weighted by atomic mass is 10.1. The second-order valence-corrected chi connectivity index (χ2v) is 3.91. The lowest BCUT2D eigenvalue weighted by molar-refractivity contribution is 0.522. The molecule has 14 heavy (non-hydrogen) atoms. The van der Waals surface area contributed by atoms with Crippen molar-refractivity contribution in [3.05, 3.63) is 18.0 Å². The molecule has 5 heteroatoms. The van der Waals surface area contributed by atoms with Crippen molar-refractivity contribution in [2.24, 2.45) is 5.73 Å². The highest BCUT2D eigenvalue weighted by Crippen LogP contribution is 2.17. The van der Waals surface area contributed by atoms with Crippen LogP contribution in [-0.2, 0) is 5.54 Å². The molecule has 0 aromatic carbocycles. The molecule has 2 rings (SSSR count). The number of nitrogens with zero attached hydrogens (tertiary/aromatic N) is 2. The number of rotatable bonds is 1. The van der Waals surface area contributed by atoms with Gasteiger partial charge in [0.2, 0.25) is 0 Å². The molecule has 0 amide bonds.